The molecule has 0 N–H and O–H groups in total. The predicted molar refractivity (Wildman–Crippen MR) is 80.5 cm³/mol. The maximum absolute atomic E-state index is 13.0. The largest absolute Gasteiger partial charge is 0.417 e. The molecule has 0 aliphatic rings. The van der Waals surface area contributed by atoms with Crippen molar-refractivity contribution in [3.8, 4) is 5.69 Å². The third-order valence-corrected chi connectivity index (χ3v) is 3.76. The molecule has 0 radical (unpaired) electrons. The summed E-state index contributed by atoms with van der Waals surface area (Å²) in [7, 11) is 0. The van der Waals surface area contributed by atoms with Crippen LogP contribution in [0, 0.1) is 0 Å². The number of aryl methyl sites for hydroxylation is 1. The number of hydrogen-bond acceptors (Lipinski definition) is 1. The Morgan fingerprint density at radius 3 is 2.41 bits per heavy atom. The Labute approximate surface area is 130 Å². The molecule has 0 spiro atoms. The lowest BCUT2D eigenvalue weighted by Gasteiger charge is -2.10. The van der Waals surface area contributed by atoms with Gasteiger partial charge in [-0.3, -0.25) is 4.57 Å². The first-order valence-corrected chi connectivity index (χ1v) is 7.13. The lowest BCUT2D eigenvalue weighted by atomic mass is 10.2. The summed E-state index contributed by atoms with van der Waals surface area (Å²) >= 11 is 5.84. The first kappa shape index (κ1) is 14.9. The summed E-state index contributed by atoms with van der Waals surface area (Å²) in [6.45, 7) is 1.91. The normalized spacial score (nSPS) is 12.0. The molecule has 0 atom stereocenters. The van der Waals surface area contributed by atoms with Gasteiger partial charge < -0.3 is 0 Å². The van der Waals surface area contributed by atoms with Crippen LogP contribution in [0.5, 0.6) is 0 Å². The Hall–Kier alpha value is -2.01. The molecule has 3 aromatic rings. The monoisotopic (exact) mass is 324 g/mol. The van der Waals surface area contributed by atoms with E-state index in [0.717, 1.165) is 11.8 Å². The van der Waals surface area contributed by atoms with Crippen LogP contribution in [-0.2, 0) is 12.6 Å². The molecule has 0 fully saturated rings. The molecule has 2 aromatic carbocycles. The first-order chi connectivity index (χ1) is 10.4. The van der Waals surface area contributed by atoms with E-state index in [-0.39, 0.29) is 10.5 Å². The van der Waals surface area contributed by atoms with Crippen molar-refractivity contribution < 1.29 is 13.2 Å². The summed E-state index contributed by atoms with van der Waals surface area (Å²) in [5.74, 6) is 0.691. The molecule has 1 heterocycles. The molecular formula is C16H12ClF3N2. The van der Waals surface area contributed by atoms with Gasteiger partial charge >= 0.3 is 6.18 Å². The average Bonchev–Trinajstić information content (AvgIpc) is 2.83. The minimum atomic E-state index is -4.49. The van der Waals surface area contributed by atoms with Crippen LogP contribution in [0.4, 0.5) is 13.2 Å². The number of aromatic nitrogens is 2. The molecule has 0 amide bonds. The van der Waals surface area contributed by atoms with E-state index < -0.39 is 11.7 Å². The topological polar surface area (TPSA) is 17.8 Å². The zero-order valence-corrected chi connectivity index (χ0v) is 12.4. The third kappa shape index (κ3) is 2.46. The maximum Gasteiger partial charge on any atom is 0.417 e. The summed E-state index contributed by atoms with van der Waals surface area (Å²) < 4.78 is 40.7. The van der Waals surface area contributed by atoms with Crippen molar-refractivity contribution in [3.05, 3.63) is 58.9 Å². The van der Waals surface area contributed by atoms with Crippen LogP contribution in [-0.4, -0.2) is 9.55 Å². The molecule has 0 saturated carbocycles. The molecule has 3 rings (SSSR count). The molecule has 0 unspecified atom stereocenters. The summed E-state index contributed by atoms with van der Waals surface area (Å²) in [4.78, 5) is 4.33. The number of fused-ring (bicyclic) bond motifs is 1. The van der Waals surface area contributed by atoms with Gasteiger partial charge in [0.15, 0.2) is 0 Å². The van der Waals surface area contributed by atoms with Crippen molar-refractivity contribution in [2.45, 2.75) is 19.5 Å². The van der Waals surface area contributed by atoms with Crippen LogP contribution in [0.25, 0.3) is 16.7 Å². The van der Waals surface area contributed by atoms with E-state index in [2.05, 4.69) is 4.98 Å². The van der Waals surface area contributed by atoms with Gasteiger partial charge in [-0.2, -0.15) is 13.2 Å². The molecule has 22 heavy (non-hydrogen) atoms. The van der Waals surface area contributed by atoms with Crippen LogP contribution in [0.15, 0.2) is 42.5 Å². The van der Waals surface area contributed by atoms with Crippen LogP contribution < -0.4 is 0 Å². The average molecular weight is 325 g/mol. The van der Waals surface area contributed by atoms with E-state index in [0.29, 0.717) is 17.8 Å². The lowest BCUT2D eigenvalue weighted by molar-refractivity contribution is -0.137. The van der Waals surface area contributed by atoms with Gasteiger partial charge in [-0.05, 0) is 24.3 Å². The molecule has 114 valence electrons. The smallest absolute Gasteiger partial charge is 0.296 e. The quantitative estimate of drug-likeness (QED) is 0.628. The fraction of sp³-hybridized carbons (Fsp3) is 0.188. The third-order valence-electron chi connectivity index (χ3n) is 3.45. The minimum Gasteiger partial charge on any atom is -0.296 e. The first-order valence-electron chi connectivity index (χ1n) is 6.75. The van der Waals surface area contributed by atoms with E-state index >= 15 is 0 Å². The van der Waals surface area contributed by atoms with Crippen molar-refractivity contribution in [3.63, 3.8) is 0 Å². The number of halogens is 4. The molecule has 0 aliphatic carbocycles. The van der Waals surface area contributed by atoms with Gasteiger partial charge in [0.1, 0.15) is 5.82 Å². The molecule has 1 aromatic heterocycles. The van der Waals surface area contributed by atoms with E-state index in [1.807, 2.05) is 41.8 Å². The van der Waals surface area contributed by atoms with Crippen molar-refractivity contribution in [2.24, 2.45) is 0 Å². The Kier molecular flexibility index (Phi) is 3.60. The number of para-hydroxylation sites is 1. The highest BCUT2D eigenvalue weighted by Gasteiger charge is 2.34. The molecule has 6 heteroatoms. The summed E-state index contributed by atoms with van der Waals surface area (Å²) in [5.41, 5.74) is 0.846. The van der Waals surface area contributed by atoms with Crippen molar-refractivity contribution >= 4 is 22.6 Å². The second-order valence-corrected chi connectivity index (χ2v) is 5.28. The zero-order chi connectivity index (χ0) is 15.9. The lowest BCUT2D eigenvalue weighted by Crippen LogP contribution is -2.06. The number of alkyl halides is 3. The molecule has 2 nitrogen and oxygen atoms in total. The van der Waals surface area contributed by atoms with Crippen molar-refractivity contribution in [2.75, 3.05) is 0 Å². The molecule has 0 aliphatic heterocycles. The van der Waals surface area contributed by atoms with Gasteiger partial charge in [0.05, 0.1) is 21.6 Å². The Bertz CT molecular complexity index is 823. The number of hydrogen-bond donors (Lipinski definition) is 0. The van der Waals surface area contributed by atoms with Gasteiger partial charge in [0.2, 0.25) is 0 Å². The molecular weight excluding hydrogens is 313 g/mol. The van der Waals surface area contributed by atoms with Crippen LogP contribution >= 0.6 is 11.6 Å². The van der Waals surface area contributed by atoms with Gasteiger partial charge in [-0.1, -0.05) is 36.7 Å². The van der Waals surface area contributed by atoms with Gasteiger partial charge in [0, 0.05) is 12.1 Å². The predicted octanol–water partition coefficient (Wildman–Crippen LogP) is 5.26. The highest BCUT2D eigenvalue weighted by atomic mass is 35.5. The van der Waals surface area contributed by atoms with Crippen LogP contribution in [0.3, 0.4) is 0 Å². The van der Waals surface area contributed by atoms with E-state index in [4.69, 9.17) is 11.6 Å². The van der Waals surface area contributed by atoms with Gasteiger partial charge in [-0.25, -0.2) is 4.98 Å². The summed E-state index contributed by atoms with van der Waals surface area (Å²) in [5, 5.41) is -0.320. The fourth-order valence-electron chi connectivity index (χ4n) is 2.47. The minimum absolute atomic E-state index is 0.289. The Morgan fingerprint density at radius 1 is 1.14 bits per heavy atom. The highest BCUT2D eigenvalue weighted by Crippen LogP contribution is 2.37. The van der Waals surface area contributed by atoms with Gasteiger partial charge in [-0.15, -0.1) is 0 Å². The Morgan fingerprint density at radius 2 is 1.82 bits per heavy atom. The number of benzene rings is 2. The van der Waals surface area contributed by atoms with Gasteiger partial charge in [0.25, 0.3) is 0 Å². The van der Waals surface area contributed by atoms with E-state index in [1.165, 1.54) is 6.07 Å². The standard InChI is InChI=1S/C16H12ClF3N2/c1-2-15-21-13-8-11(16(18,19)20)12(17)9-14(13)22(15)10-6-4-3-5-7-10/h3-9H,2H2,1H3. The summed E-state index contributed by atoms with van der Waals surface area (Å²) in [6, 6.07) is 11.7. The van der Waals surface area contributed by atoms with E-state index in [9.17, 15) is 13.2 Å². The number of rotatable bonds is 2. The SMILES string of the molecule is CCc1nc2cc(C(F)(F)F)c(Cl)cc2n1-c1ccccc1. The van der Waals surface area contributed by atoms with Crippen LogP contribution in [0.1, 0.15) is 18.3 Å². The fourth-order valence-corrected chi connectivity index (χ4v) is 2.73. The second kappa shape index (κ2) is 5.32. The maximum atomic E-state index is 13.0. The number of nitrogens with zero attached hydrogens (tertiary/aromatic N) is 2. The zero-order valence-electron chi connectivity index (χ0n) is 11.7. The second-order valence-electron chi connectivity index (χ2n) is 4.87. The van der Waals surface area contributed by atoms with Crippen molar-refractivity contribution in [1.82, 2.24) is 9.55 Å². The highest BCUT2D eigenvalue weighted by molar-refractivity contribution is 6.32. The number of imidazole rings is 1. The molecule has 0 saturated heterocycles. The molecule has 0 bridgehead atoms. The van der Waals surface area contributed by atoms with Crippen molar-refractivity contribution in [1.29, 1.82) is 0 Å². The van der Waals surface area contributed by atoms with E-state index in [1.54, 1.807) is 0 Å². The van der Waals surface area contributed by atoms with Crippen LogP contribution in [0.2, 0.25) is 5.02 Å². The summed E-state index contributed by atoms with van der Waals surface area (Å²) in [6.07, 6.45) is -3.89. The Balaban J connectivity index is 2.32.